The summed E-state index contributed by atoms with van der Waals surface area (Å²) in [7, 11) is 1.32. The van der Waals surface area contributed by atoms with Crippen LogP contribution >= 0.6 is 11.3 Å². The highest BCUT2D eigenvalue weighted by molar-refractivity contribution is 7.09. The molecule has 0 aliphatic carbocycles. The SMILES string of the molecule is COC(=O)c1ccc(NCC(=O)NC(=O)NCCc2cccs2)c(C)c1. The van der Waals surface area contributed by atoms with Gasteiger partial charge in [0, 0.05) is 17.1 Å². The fourth-order valence-corrected chi connectivity index (χ4v) is 2.96. The minimum Gasteiger partial charge on any atom is -0.465 e. The molecule has 138 valence electrons. The first kappa shape index (κ1) is 19.5. The highest BCUT2D eigenvalue weighted by Crippen LogP contribution is 2.16. The van der Waals surface area contributed by atoms with Gasteiger partial charge in [-0.3, -0.25) is 10.1 Å². The van der Waals surface area contributed by atoms with Crippen LogP contribution in [0.25, 0.3) is 0 Å². The van der Waals surface area contributed by atoms with Crippen molar-refractivity contribution in [3.8, 4) is 0 Å². The van der Waals surface area contributed by atoms with Gasteiger partial charge in [0.05, 0.1) is 19.2 Å². The Balaban J connectivity index is 1.74. The number of ether oxygens (including phenoxy) is 1. The Bertz CT molecular complexity index is 775. The number of esters is 1. The summed E-state index contributed by atoms with van der Waals surface area (Å²) in [4.78, 5) is 36.2. The molecule has 26 heavy (non-hydrogen) atoms. The standard InChI is InChI=1S/C18H21N3O4S/c1-12-10-13(17(23)25-2)5-6-15(12)20-11-16(22)21-18(24)19-8-7-14-4-3-9-26-14/h3-6,9-10,20H,7-8,11H2,1-2H3,(H2,19,21,22,24). The van der Waals surface area contributed by atoms with Crippen LogP contribution in [-0.2, 0) is 16.0 Å². The van der Waals surface area contributed by atoms with E-state index < -0.39 is 17.9 Å². The van der Waals surface area contributed by atoms with Crippen molar-refractivity contribution in [3.05, 3.63) is 51.7 Å². The van der Waals surface area contributed by atoms with Gasteiger partial charge in [-0.15, -0.1) is 11.3 Å². The van der Waals surface area contributed by atoms with E-state index in [-0.39, 0.29) is 6.54 Å². The van der Waals surface area contributed by atoms with Crippen molar-refractivity contribution >= 4 is 34.9 Å². The third kappa shape index (κ3) is 5.89. The maximum Gasteiger partial charge on any atom is 0.337 e. The van der Waals surface area contributed by atoms with Crippen molar-refractivity contribution in [2.45, 2.75) is 13.3 Å². The lowest BCUT2D eigenvalue weighted by Crippen LogP contribution is -2.42. The normalized spacial score (nSPS) is 10.1. The van der Waals surface area contributed by atoms with Gasteiger partial charge in [0.2, 0.25) is 5.91 Å². The molecule has 3 N–H and O–H groups in total. The van der Waals surface area contributed by atoms with E-state index in [0.29, 0.717) is 17.8 Å². The summed E-state index contributed by atoms with van der Waals surface area (Å²) in [6.45, 7) is 2.21. The Morgan fingerprint density at radius 3 is 2.65 bits per heavy atom. The maximum absolute atomic E-state index is 11.8. The summed E-state index contributed by atoms with van der Waals surface area (Å²) in [6, 6.07) is 8.39. The number of thiophene rings is 1. The largest absolute Gasteiger partial charge is 0.465 e. The van der Waals surface area contributed by atoms with E-state index >= 15 is 0 Å². The zero-order valence-electron chi connectivity index (χ0n) is 14.6. The third-order valence-corrected chi connectivity index (χ3v) is 4.51. The van der Waals surface area contributed by atoms with E-state index in [0.717, 1.165) is 12.0 Å². The molecule has 1 aromatic carbocycles. The Kier molecular flexibility index (Phi) is 7.16. The van der Waals surface area contributed by atoms with Crippen LogP contribution in [0.2, 0.25) is 0 Å². The van der Waals surface area contributed by atoms with Crippen LogP contribution in [0, 0.1) is 6.92 Å². The highest BCUT2D eigenvalue weighted by Gasteiger charge is 2.10. The van der Waals surface area contributed by atoms with Gasteiger partial charge in [-0.1, -0.05) is 6.07 Å². The molecule has 1 aromatic heterocycles. The average Bonchev–Trinajstić information content (AvgIpc) is 3.13. The minimum absolute atomic E-state index is 0.0588. The smallest absolute Gasteiger partial charge is 0.337 e. The number of hydrogen-bond acceptors (Lipinski definition) is 6. The van der Waals surface area contributed by atoms with Gasteiger partial charge in [0.25, 0.3) is 0 Å². The summed E-state index contributed by atoms with van der Waals surface area (Å²) in [5.74, 6) is -0.869. The predicted octanol–water partition coefficient (Wildman–Crippen LogP) is 2.32. The number of amides is 3. The van der Waals surface area contributed by atoms with Crippen LogP contribution < -0.4 is 16.0 Å². The summed E-state index contributed by atoms with van der Waals surface area (Å²) in [5.41, 5.74) is 1.93. The quantitative estimate of drug-likeness (QED) is 0.646. The van der Waals surface area contributed by atoms with E-state index in [2.05, 4.69) is 20.7 Å². The number of carbonyl (C=O) groups is 3. The van der Waals surface area contributed by atoms with Gasteiger partial charge >= 0.3 is 12.0 Å². The monoisotopic (exact) mass is 375 g/mol. The van der Waals surface area contributed by atoms with Gasteiger partial charge in [0.15, 0.2) is 0 Å². The number of hydrogen-bond donors (Lipinski definition) is 3. The molecule has 0 spiro atoms. The number of imide groups is 1. The van der Waals surface area contributed by atoms with Crippen LogP contribution in [0.15, 0.2) is 35.7 Å². The first-order valence-corrected chi connectivity index (χ1v) is 8.90. The summed E-state index contributed by atoms with van der Waals surface area (Å²) < 4.78 is 4.66. The Morgan fingerprint density at radius 1 is 1.19 bits per heavy atom. The lowest BCUT2D eigenvalue weighted by Gasteiger charge is -2.11. The number of aryl methyl sites for hydroxylation is 1. The first-order valence-electron chi connectivity index (χ1n) is 8.02. The fourth-order valence-electron chi connectivity index (χ4n) is 2.25. The zero-order valence-corrected chi connectivity index (χ0v) is 15.4. The second kappa shape index (κ2) is 9.57. The van der Waals surface area contributed by atoms with Crippen molar-refractivity contribution in [2.24, 2.45) is 0 Å². The molecule has 3 amide bonds. The molecule has 0 bridgehead atoms. The molecule has 0 radical (unpaired) electrons. The van der Waals surface area contributed by atoms with Crippen molar-refractivity contribution in [2.75, 3.05) is 25.5 Å². The van der Waals surface area contributed by atoms with E-state index in [1.54, 1.807) is 29.5 Å². The second-order valence-corrected chi connectivity index (χ2v) is 6.54. The zero-order chi connectivity index (χ0) is 18.9. The number of rotatable bonds is 7. The molecule has 7 nitrogen and oxygen atoms in total. The molecule has 0 saturated heterocycles. The molecule has 0 aliphatic rings. The number of methoxy groups -OCH3 is 1. The Labute approximate surface area is 155 Å². The van der Waals surface area contributed by atoms with Gasteiger partial charge in [-0.25, -0.2) is 9.59 Å². The second-order valence-electron chi connectivity index (χ2n) is 5.51. The predicted molar refractivity (Wildman–Crippen MR) is 101 cm³/mol. The Morgan fingerprint density at radius 2 is 2.00 bits per heavy atom. The van der Waals surface area contributed by atoms with E-state index in [1.807, 2.05) is 24.4 Å². The van der Waals surface area contributed by atoms with Crippen LogP contribution in [0.1, 0.15) is 20.8 Å². The van der Waals surface area contributed by atoms with Crippen molar-refractivity contribution in [1.29, 1.82) is 0 Å². The molecule has 2 aromatic rings. The minimum atomic E-state index is -0.522. The summed E-state index contributed by atoms with van der Waals surface area (Å²) >= 11 is 1.62. The molecule has 0 aliphatic heterocycles. The third-order valence-electron chi connectivity index (χ3n) is 3.58. The number of benzene rings is 1. The van der Waals surface area contributed by atoms with Gasteiger partial charge in [-0.05, 0) is 48.6 Å². The fraction of sp³-hybridized carbons (Fsp3) is 0.278. The summed E-state index contributed by atoms with van der Waals surface area (Å²) in [6.07, 6.45) is 0.725. The highest BCUT2D eigenvalue weighted by atomic mass is 32.1. The molecule has 0 saturated carbocycles. The van der Waals surface area contributed by atoms with Crippen LogP contribution in [0.3, 0.4) is 0 Å². The summed E-state index contributed by atoms with van der Waals surface area (Å²) in [5, 5.41) is 9.83. The molecular weight excluding hydrogens is 354 g/mol. The van der Waals surface area contributed by atoms with E-state index in [4.69, 9.17) is 0 Å². The van der Waals surface area contributed by atoms with E-state index in [1.165, 1.54) is 12.0 Å². The van der Waals surface area contributed by atoms with Gasteiger partial charge in [0.1, 0.15) is 0 Å². The number of nitrogens with one attached hydrogen (secondary N) is 3. The van der Waals surface area contributed by atoms with Gasteiger partial charge in [-0.2, -0.15) is 0 Å². The van der Waals surface area contributed by atoms with Crippen LogP contribution in [0.4, 0.5) is 10.5 Å². The maximum atomic E-state index is 11.8. The molecule has 1 heterocycles. The molecule has 0 unspecified atom stereocenters. The molecule has 0 fully saturated rings. The van der Waals surface area contributed by atoms with Crippen molar-refractivity contribution < 1.29 is 19.1 Å². The molecular formula is C18H21N3O4S. The number of urea groups is 1. The van der Waals surface area contributed by atoms with Crippen molar-refractivity contribution in [1.82, 2.24) is 10.6 Å². The van der Waals surface area contributed by atoms with Gasteiger partial charge < -0.3 is 15.4 Å². The lowest BCUT2D eigenvalue weighted by molar-refractivity contribution is -0.118. The molecule has 0 atom stereocenters. The molecule has 2 rings (SSSR count). The van der Waals surface area contributed by atoms with E-state index in [9.17, 15) is 14.4 Å². The average molecular weight is 375 g/mol. The van der Waals surface area contributed by atoms with Crippen LogP contribution in [0.5, 0.6) is 0 Å². The molecule has 8 heteroatoms. The Hall–Kier alpha value is -2.87. The lowest BCUT2D eigenvalue weighted by atomic mass is 10.1. The van der Waals surface area contributed by atoms with Crippen molar-refractivity contribution in [3.63, 3.8) is 0 Å². The topological polar surface area (TPSA) is 96.5 Å². The number of anilines is 1. The number of carbonyl (C=O) groups excluding carboxylic acids is 3. The first-order chi connectivity index (χ1) is 12.5. The van der Waals surface area contributed by atoms with Crippen LogP contribution in [-0.4, -0.2) is 38.1 Å².